The van der Waals surface area contributed by atoms with Crippen molar-refractivity contribution in [1.82, 2.24) is 4.98 Å². The Hall–Kier alpha value is -2.08. The Morgan fingerprint density at radius 2 is 1.78 bits per heavy atom. The van der Waals surface area contributed by atoms with Gasteiger partial charge in [-0.25, -0.2) is 4.98 Å². The summed E-state index contributed by atoms with van der Waals surface area (Å²) < 4.78 is 83.9. The number of carbonyl (C=O) groups excluding carboxylic acids is 1. The molecule has 0 bridgehead atoms. The lowest BCUT2D eigenvalue weighted by Gasteiger charge is -2.40. The average Bonchev–Trinajstić information content (AvgIpc) is 3.00. The number of aliphatic hydroxyl groups is 1. The van der Waals surface area contributed by atoms with E-state index in [1.807, 2.05) is 0 Å². The van der Waals surface area contributed by atoms with E-state index in [4.69, 9.17) is 4.74 Å². The lowest BCUT2D eigenvalue weighted by molar-refractivity contribution is -0.191. The van der Waals surface area contributed by atoms with Crippen LogP contribution in [0.5, 0.6) is 5.88 Å². The molecule has 1 saturated carbocycles. The maximum atomic E-state index is 13.1. The number of ether oxygens (including phenoxy) is 2. The van der Waals surface area contributed by atoms with Gasteiger partial charge in [-0.05, 0) is 45.1 Å². The summed E-state index contributed by atoms with van der Waals surface area (Å²) in [5.41, 5.74) is -1.75. The minimum absolute atomic E-state index is 0.130. The number of hydrogen-bond acceptors (Lipinski definition) is 5. The van der Waals surface area contributed by atoms with Crippen LogP contribution < -0.4 is 9.64 Å². The molecule has 1 aromatic rings. The second-order valence-corrected chi connectivity index (χ2v) is 8.48. The van der Waals surface area contributed by atoms with Gasteiger partial charge in [0.15, 0.2) is 6.10 Å². The SMILES string of the molecule is C[C@H](Oc1ccc(N2CCC3(CCC(O)(COCC(F)(F)F)CC3)C2=O)cn1)C(F)(F)F. The molecule has 2 fully saturated rings. The van der Waals surface area contributed by atoms with Crippen molar-refractivity contribution in [3.63, 3.8) is 0 Å². The van der Waals surface area contributed by atoms with Crippen molar-refractivity contribution in [2.24, 2.45) is 5.41 Å². The molecular formula is C20H24F6N2O4. The number of amides is 1. The van der Waals surface area contributed by atoms with Crippen molar-refractivity contribution in [3.05, 3.63) is 18.3 Å². The van der Waals surface area contributed by atoms with Gasteiger partial charge in [0.05, 0.1) is 29.5 Å². The van der Waals surface area contributed by atoms with Gasteiger partial charge in [0.1, 0.15) is 6.61 Å². The first-order valence-corrected chi connectivity index (χ1v) is 10.1. The molecule has 1 amide bonds. The highest BCUT2D eigenvalue weighted by Gasteiger charge is 2.52. The molecule has 1 aliphatic carbocycles. The Morgan fingerprint density at radius 1 is 1.12 bits per heavy atom. The molecule has 3 rings (SSSR count). The van der Waals surface area contributed by atoms with Crippen molar-refractivity contribution in [1.29, 1.82) is 0 Å². The molecule has 1 saturated heterocycles. The summed E-state index contributed by atoms with van der Waals surface area (Å²) in [4.78, 5) is 18.4. The molecule has 1 spiro atoms. The highest BCUT2D eigenvalue weighted by atomic mass is 19.4. The van der Waals surface area contributed by atoms with Crippen LogP contribution in [0.1, 0.15) is 39.0 Å². The van der Waals surface area contributed by atoms with E-state index in [0.29, 0.717) is 31.5 Å². The zero-order valence-electron chi connectivity index (χ0n) is 17.3. The van der Waals surface area contributed by atoms with Gasteiger partial charge in [-0.3, -0.25) is 4.79 Å². The first-order valence-electron chi connectivity index (χ1n) is 10.1. The first kappa shape index (κ1) is 24.6. The number of carbonyl (C=O) groups is 1. The van der Waals surface area contributed by atoms with Crippen LogP contribution in [0.4, 0.5) is 32.0 Å². The Kier molecular flexibility index (Phi) is 6.67. The summed E-state index contributed by atoms with van der Waals surface area (Å²) in [5, 5.41) is 10.5. The fraction of sp³-hybridized carbons (Fsp3) is 0.700. The van der Waals surface area contributed by atoms with Crippen LogP contribution in [-0.2, 0) is 9.53 Å². The third-order valence-electron chi connectivity index (χ3n) is 6.08. The van der Waals surface area contributed by atoms with Crippen molar-refractivity contribution in [2.45, 2.75) is 63.1 Å². The smallest absolute Gasteiger partial charge is 0.425 e. The van der Waals surface area contributed by atoms with Crippen molar-refractivity contribution in [2.75, 3.05) is 24.7 Å². The first-order chi connectivity index (χ1) is 14.7. The fourth-order valence-electron chi connectivity index (χ4n) is 4.08. The molecule has 0 radical (unpaired) electrons. The van der Waals surface area contributed by atoms with Gasteiger partial charge >= 0.3 is 12.4 Å². The summed E-state index contributed by atoms with van der Waals surface area (Å²) in [5.74, 6) is -0.420. The molecule has 2 aliphatic rings. The molecule has 6 nitrogen and oxygen atoms in total. The monoisotopic (exact) mass is 470 g/mol. The van der Waals surface area contributed by atoms with Crippen LogP contribution in [0.15, 0.2) is 18.3 Å². The number of hydrogen-bond donors (Lipinski definition) is 1. The van der Waals surface area contributed by atoms with E-state index >= 15 is 0 Å². The van der Waals surface area contributed by atoms with E-state index in [0.717, 1.165) is 6.92 Å². The molecule has 0 unspecified atom stereocenters. The largest absolute Gasteiger partial charge is 0.465 e. The summed E-state index contributed by atoms with van der Waals surface area (Å²) in [6.45, 7) is -0.672. The minimum atomic E-state index is -4.53. The van der Waals surface area contributed by atoms with E-state index in [1.54, 1.807) is 0 Å². The molecule has 1 atom stereocenters. The van der Waals surface area contributed by atoms with E-state index in [2.05, 4.69) is 9.72 Å². The molecular weight excluding hydrogens is 446 g/mol. The quantitative estimate of drug-likeness (QED) is 0.636. The van der Waals surface area contributed by atoms with E-state index in [1.165, 1.54) is 23.2 Å². The van der Waals surface area contributed by atoms with Crippen molar-refractivity contribution in [3.8, 4) is 5.88 Å². The third kappa shape index (κ3) is 5.64. The van der Waals surface area contributed by atoms with Gasteiger partial charge in [0.2, 0.25) is 11.8 Å². The van der Waals surface area contributed by atoms with Gasteiger partial charge in [-0.2, -0.15) is 26.3 Å². The molecule has 32 heavy (non-hydrogen) atoms. The number of nitrogens with zero attached hydrogens (tertiary/aromatic N) is 2. The summed E-state index contributed by atoms with van der Waals surface area (Å²) >= 11 is 0. The Morgan fingerprint density at radius 3 is 2.31 bits per heavy atom. The number of pyridine rings is 1. The Balaban J connectivity index is 1.58. The van der Waals surface area contributed by atoms with Crippen LogP contribution in [0, 0.1) is 5.41 Å². The molecule has 2 heterocycles. The minimum Gasteiger partial charge on any atom is -0.465 e. The number of anilines is 1. The molecule has 1 aromatic heterocycles. The lowest BCUT2D eigenvalue weighted by Crippen LogP contribution is -2.46. The predicted molar refractivity (Wildman–Crippen MR) is 100 cm³/mol. The normalized spacial score (nSPS) is 27.8. The summed E-state index contributed by atoms with van der Waals surface area (Å²) in [7, 11) is 0. The van der Waals surface area contributed by atoms with Gasteiger partial charge in [0.25, 0.3) is 0 Å². The maximum absolute atomic E-state index is 13.1. The van der Waals surface area contributed by atoms with Crippen LogP contribution in [0.2, 0.25) is 0 Å². The fourth-order valence-corrected chi connectivity index (χ4v) is 4.08. The zero-order chi connectivity index (χ0) is 23.8. The number of halogens is 6. The van der Waals surface area contributed by atoms with Crippen molar-refractivity contribution < 1.29 is 45.7 Å². The van der Waals surface area contributed by atoms with Crippen LogP contribution in [0.3, 0.4) is 0 Å². The van der Waals surface area contributed by atoms with Crippen LogP contribution in [-0.4, -0.2) is 59.8 Å². The van der Waals surface area contributed by atoms with Crippen molar-refractivity contribution >= 4 is 11.6 Å². The number of alkyl halides is 6. The van der Waals surface area contributed by atoms with Gasteiger partial charge in [-0.1, -0.05) is 0 Å². The zero-order valence-corrected chi connectivity index (χ0v) is 17.3. The van der Waals surface area contributed by atoms with E-state index < -0.39 is 42.7 Å². The van der Waals surface area contributed by atoms with Gasteiger partial charge in [-0.15, -0.1) is 0 Å². The Bertz CT molecular complexity index is 804. The average molecular weight is 470 g/mol. The van der Waals surface area contributed by atoms with E-state index in [-0.39, 0.29) is 24.6 Å². The molecule has 1 N–H and O–H groups in total. The maximum Gasteiger partial charge on any atom is 0.425 e. The predicted octanol–water partition coefficient (Wildman–Crippen LogP) is 4.02. The standard InChI is InChI=1S/C20H24F6N2O4/c1-13(20(24,25)26)32-15-3-2-14(10-27-15)28-9-8-17(16(28)29)4-6-18(30,7-5-17)11-31-12-19(21,22)23/h2-3,10,13,30H,4-9,11-12H2,1H3/t13-,17?,18?/m0/s1. The lowest BCUT2D eigenvalue weighted by atomic mass is 9.68. The summed E-state index contributed by atoms with van der Waals surface area (Å²) in [6.07, 6.45) is -8.42. The van der Waals surface area contributed by atoms with Crippen LogP contribution in [0.25, 0.3) is 0 Å². The number of aromatic nitrogens is 1. The second kappa shape index (κ2) is 8.69. The van der Waals surface area contributed by atoms with E-state index in [9.17, 15) is 36.2 Å². The van der Waals surface area contributed by atoms with Gasteiger partial charge in [0, 0.05) is 12.6 Å². The molecule has 0 aromatic carbocycles. The Labute approximate surface area is 180 Å². The highest BCUT2D eigenvalue weighted by Crippen LogP contribution is 2.48. The van der Waals surface area contributed by atoms with Gasteiger partial charge < -0.3 is 19.5 Å². The molecule has 12 heteroatoms. The third-order valence-corrected chi connectivity index (χ3v) is 6.08. The molecule has 1 aliphatic heterocycles. The van der Waals surface area contributed by atoms with Crippen LogP contribution >= 0.6 is 0 Å². The highest BCUT2D eigenvalue weighted by molar-refractivity contribution is 5.99. The molecule has 180 valence electrons. The summed E-state index contributed by atoms with van der Waals surface area (Å²) in [6, 6.07) is 2.71. The topological polar surface area (TPSA) is 71.9 Å². The second-order valence-electron chi connectivity index (χ2n) is 8.48. The number of rotatable bonds is 6.